The average molecular weight is 521 g/mol. The molecule has 0 saturated carbocycles. The number of nitrogens with zero attached hydrogens (tertiary/aromatic N) is 1. The van der Waals surface area contributed by atoms with E-state index in [1.807, 2.05) is 24.3 Å². The van der Waals surface area contributed by atoms with E-state index >= 15 is 0 Å². The van der Waals surface area contributed by atoms with Crippen molar-refractivity contribution in [2.45, 2.75) is 0 Å². The molecular formula is C36H25ClN2. The van der Waals surface area contributed by atoms with Gasteiger partial charge in [-0.3, -0.25) is 0 Å². The van der Waals surface area contributed by atoms with Crippen LogP contribution >= 0.6 is 11.6 Å². The van der Waals surface area contributed by atoms with Crippen LogP contribution in [0.15, 0.2) is 146 Å². The Morgan fingerprint density at radius 1 is 0.487 bits per heavy atom. The average Bonchev–Trinajstić information content (AvgIpc) is 3.33. The van der Waals surface area contributed by atoms with Crippen LogP contribution in [0.25, 0.3) is 49.7 Å². The first-order chi connectivity index (χ1) is 19.3. The van der Waals surface area contributed by atoms with Gasteiger partial charge in [0.15, 0.2) is 0 Å². The van der Waals surface area contributed by atoms with Crippen LogP contribution in [0.2, 0.25) is 5.02 Å². The zero-order valence-corrected chi connectivity index (χ0v) is 21.9. The lowest BCUT2D eigenvalue weighted by atomic mass is 9.93. The first kappa shape index (κ1) is 23.3. The quantitative estimate of drug-likeness (QED) is 0.239. The van der Waals surface area contributed by atoms with Gasteiger partial charge in [0.25, 0.3) is 0 Å². The summed E-state index contributed by atoms with van der Waals surface area (Å²) in [5, 5.41) is 6.69. The van der Waals surface area contributed by atoms with Crippen LogP contribution in [0.4, 0.5) is 11.4 Å². The van der Waals surface area contributed by atoms with Crippen molar-refractivity contribution < 1.29 is 0 Å². The van der Waals surface area contributed by atoms with Gasteiger partial charge in [-0.25, -0.2) is 0 Å². The number of hydrogen-bond donors (Lipinski definition) is 1. The number of nitrogens with one attached hydrogen (secondary N) is 1. The van der Waals surface area contributed by atoms with Crippen molar-refractivity contribution in [2.75, 3.05) is 5.32 Å². The van der Waals surface area contributed by atoms with Gasteiger partial charge in [-0.1, -0.05) is 103 Å². The molecule has 0 bridgehead atoms. The Balaban J connectivity index is 1.44. The van der Waals surface area contributed by atoms with Gasteiger partial charge in [0.1, 0.15) is 0 Å². The summed E-state index contributed by atoms with van der Waals surface area (Å²) in [6.45, 7) is 0. The second-order valence-electron chi connectivity index (χ2n) is 9.65. The molecule has 0 radical (unpaired) electrons. The predicted molar refractivity (Wildman–Crippen MR) is 166 cm³/mol. The molecule has 7 rings (SSSR count). The third-order valence-corrected chi connectivity index (χ3v) is 7.58. The molecule has 186 valence electrons. The molecule has 0 saturated heterocycles. The lowest BCUT2D eigenvalue weighted by molar-refractivity contribution is 1.18. The third kappa shape index (κ3) is 4.25. The minimum absolute atomic E-state index is 0.696. The number of para-hydroxylation sites is 3. The maximum Gasteiger partial charge on any atom is 0.0640 e. The van der Waals surface area contributed by atoms with Gasteiger partial charge < -0.3 is 9.88 Å². The molecule has 0 unspecified atom stereocenters. The van der Waals surface area contributed by atoms with Crippen LogP contribution in [-0.2, 0) is 0 Å². The smallest absolute Gasteiger partial charge is 0.0640 e. The number of aromatic nitrogens is 1. The van der Waals surface area contributed by atoms with E-state index in [1.165, 1.54) is 38.5 Å². The van der Waals surface area contributed by atoms with E-state index in [2.05, 4.69) is 131 Å². The zero-order valence-electron chi connectivity index (χ0n) is 21.2. The molecule has 0 spiro atoms. The molecule has 0 atom stereocenters. The summed E-state index contributed by atoms with van der Waals surface area (Å²) in [5.74, 6) is 0. The van der Waals surface area contributed by atoms with Crippen molar-refractivity contribution in [3.63, 3.8) is 0 Å². The van der Waals surface area contributed by atoms with Crippen molar-refractivity contribution in [3.05, 3.63) is 151 Å². The number of hydrogen-bond acceptors (Lipinski definition) is 1. The van der Waals surface area contributed by atoms with Crippen LogP contribution in [0, 0.1) is 0 Å². The lowest BCUT2D eigenvalue weighted by Gasteiger charge is -2.15. The minimum Gasteiger partial charge on any atom is -0.354 e. The number of fused-ring (bicyclic) bond motifs is 3. The number of halogens is 1. The molecular weight excluding hydrogens is 496 g/mol. The highest BCUT2D eigenvalue weighted by atomic mass is 35.5. The molecule has 2 nitrogen and oxygen atoms in total. The van der Waals surface area contributed by atoms with Crippen LogP contribution < -0.4 is 5.32 Å². The van der Waals surface area contributed by atoms with Crippen LogP contribution in [0.5, 0.6) is 0 Å². The van der Waals surface area contributed by atoms with Gasteiger partial charge >= 0.3 is 0 Å². The molecule has 39 heavy (non-hydrogen) atoms. The largest absolute Gasteiger partial charge is 0.354 e. The van der Waals surface area contributed by atoms with E-state index in [0.29, 0.717) is 5.02 Å². The SMILES string of the molecule is Clc1ccccc1Nc1ccc(-c2ccccc2)c(-c2ccc3c(c2)c2ccccc2n3-c2ccccc2)c1. The predicted octanol–water partition coefficient (Wildman–Crippen LogP) is 10.5. The van der Waals surface area contributed by atoms with E-state index < -0.39 is 0 Å². The minimum atomic E-state index is 0.696. The molecule has 0 aliphatic carbocycles. The summed E-state index contributed by atoms with van der Waals surface area (Å²) in [4.78, 5) is 0. The van der Waals surface area contributed by atoms with Crippen LogP contribution in [-0.4, -0.2) is 4.57 Å². The molecule has 6 aromatic carbocycles. The second kappa shape index (κ2) is 9.83. The summed E-state index contributed by atoms with van der Waals surface area (Å²) >= 11 is 6.47. The summed E-state index contributed by atoms with van der Waals surface area (Å²) < 4.78 is 2.35. The van der Waals surface area contributed by atoms with Crippen LogP contribution in [0.3, 0.4) is 0 Å². The van der Waals surface area contributed by atoms with Gasteiger partial charge in [0.05, 0.1) is 21.7 Å². The molecule has 0 amide bonds. The van der Waals surface area contributed by atoms with Gasteiger partial charge in [-0.15, -0.1) is 0 Å². The summed E-state index contributed by atoms with van der Waals surface area (Å²) in [5.41, 5.74) is 10.1. The highest BCUT2D eigenvalue weighted by Crippen LogP contribution is 2.39. The molecule has 0 aliphatic heterocycles. The first-order valence-electron chi connectivity index (χ1n) is 13.1. The Bertz CT molecular complexity index is 1940. The third-order valence-electron chi connectivity index (χ3n) is 7.26. The topological polar surface area (TPSA) is 17.0 Å². The Morgan fingerprint density at radius 3 is 2.00 bits per heavy atom. The molecule has 3 heteroatoms. The number of anilines is 2. The maximum absolute atomic E-state index is 6.47. The van der Waals surface area contributed by atoms with Gasteiger partial charge in [-0.2, -0.15) is 0 Å². The van der Waals surface area contributed by atoms with Crippen molar-refractivity contribution in [1.29, 1.82) is 0 Å². The Labute approximate surface area is 232 Å². The normalized spacial score (nSPS) is 11.2. The first-order valence-corrected chi connectivity index (χ1v) is 13.4. The molecule has 1 N–H and O–H groups in total. The fraction of sp³-hybridized carbons (Fsp3) is 0. The monoisotopic (exact) mass is 520 g/mol. The second-order valence-corrected chi connectivity index (χ2v) is 10.1. The number of rotatable bonds is 5. The van der Waals surface area contributed by atoms with Crippen molar-refractivity contribution >= 4 is 44.8 Å². The van der Waals surface area contributed by atoms with Crippen LogP contribution in [0.1, 0.15) is 0 Å². The molecule has 0 fully saturated rings. The van der Waals surface area contributed by atoms with Gasteiger partial charge in [-0.05, 0) is 76.9 Å². The van der Waals surface area contributed by atoms with Crippen molar-refractivity contribution in [3.8, 4) is 27.9 Å². The fourth-order valence-corrected chi connectivity index (χ4v) is 5.63. The highest BCUT2D eigenvalue weighted by Gasteiger charge is 2.15. The Hall–Kier alpha value is -4.79. The lowest BCUT2D eigenvalue weighted by Crippen LogP contribution is -1.94. The van der Waals surface area contributed by atoms with Crippen molar-refractivity contribution in [1.82, 2.24) is 4.57 Å². The molecule has 1 aromatic heterocycles. The molecule has 7 aromatic rings. The zero-order chi connectivity index (χ0) is 26.2. The summed E-state index contributed by atoms with van der Waals surface area (Å²) in [6, 6.07) is 51.0. The molecule has 0 aliphatic rings. The molecule has 1 heterocycles. The maximum atomic E-state index is 6.47. The van der Waals surface area contributed by atoms with Crippen molar-refractivity contribution in [2.24, 2.45) is 0 Å². The van der Waals surface area contributed by atoms with E-state index in [4.69, 9.17) is 11.6 Å². The van der Waals surface area contributed by atoms with E-state index in [1.54, 1.807) is 0 Å². The van der Waals surface area contributed by atoms with Gasteiger partial charge in [0, 0.05) is 22.1 Å². The standard InChI is InChI=1S/C36H25ClN2/c37-33-16-8-9-17-34(33)38-27-20-21-29(25-11-3-1-4-12-25)31(24-27)26-19-22-36-32(23-26)30-15-7-10-18-35(30)39(36)28-13-5-2-6-14-28/h1-24,38H. The van der Waals surface area contributed by atoms with E-state index in [-0.39, 0.29) is 0 Å². The van der Waals surface area contributed by atoms with E-state index in [0.717, 1.165) is 22.6 Å². The number of benzene rings is 6. The summed E-state index contributed by atoms with van der Waals surface area (Å²) in [7, 11) is 0. The Morgan fingerprint density at radius 2 is 1.18 bits per heavy atom. The van der Waals surface area contributed by atoms with E-state index in [9.17, 15) is 0 Å². The highest BCUT2D eigenvalue weighted by molar-refractivity contribution is 6.33. The Kier molecular flexibility index (Phi) is 5.88. The summed E-state index contributed by atoms with van der Waals surface area (Å²) in [6.07, 6.45) is 0. The van der Waals surface area contributed by atoms with Gasteiger partial charge in [0.2, 0.25) is 0 Å². The fourth-order valence-electron chi connectivity index (χ4n) is 5.44.